The topological polar surface area (TPSA) is 68.0 Å². The van der Waals surface area contributed by atoms with Crippen molar-refractivity contribution in [2.75, 3.05) is 11.9 Å². The highest BCUT2D eigenvalue weighted by molar-refractivity contribution is 7.09. The molecular formula is C14H18ClN3OS. The van der Waals surface area contributed by atoms with Gasteiger partial charge in [-0.3, -0.25) is 4.79 Å². The van der Waals surface area contributed by atoms with Gasteiger partial charge in [0.2, 0.25) is 0 Å². The zero-order valence-corrected chi connectivity index (χ0v) is 12.9. The molecule has 0 bridgehead atoms. The van der Waals surface area contributed by atoms with Crippen LogP contribution >= 0.6 is 23.7 Å². The van der Waals surface area contributed by atoms with Crippen LogP contribution in [0.2, 0.25) is 0 Å². The summed E-state index contributed by atoms with van der Waals surface area (Å²) in [4.78, 5) is 16.2. The molecule has 0 fully saturated rings. The monoisotopic (exact) mass is 311 g/mol. The summed E-state index contributed by atoms with van der Waals surface area (Å²) in [5.41, 5.74) is 7.95. The number of aryl methyl sites for hydroxylation is 1. The Morgan fingerprint density at radius 2 is 2.05 bits per heavy atom. The fourth-order valence-corrected chi connectivity index (χ4v) is 2.47. The van der Waals surface area contributed by atoms with Crippen LogP contribution in [-0.2, 0) is 12.8 Å². The van der Waals surface area contributed by atoms with Crippen LogP contribution in [0.1, 0.15) is 28.0 Å². The maximum Gasteiger partial charge on any atom is 0.275 e. The van der Waals surface area contributed by atoms with Gasteiger partial charge >= 0.3 is 0 Å². The van der Waals surface area contributed by atoms with Gasteiger partial charge in [0, 0.05) is 17.5 Å². The van der Waals surface area contributed by atoms with Crippen LogP contribution in [0.25, 0.3) is 0 Å². The number of aromatic nitrogens is 1. The summed E-state index contributed by atoms with van der Waals surface area (Å²) >= 11 is 1.47. The Morgan fingerprint density at radius 1 is 1.35 bits per heavy atom. The molecule has 0 aliphatic heterocycles. The van der Waals surface area contributed by atoms with Crippen molar-refractivity contribution in [1.29, 1.82) is 0 Å². The predicted octanol–water partition coefficient (Wildman–Crippen LogP) is 2.88. The van der Waals surface area contributed by atoms with E-state index in [0.29, 0.717) is 18.7 Å². The molecule has 0 aliphatic carbocycles. The zero-order valence-electron chi connectivity index (χ0n) is 11.3. The molecule has 0 spiro atoms. The average Bonchev–Trinajstić information content (AvgIpc) is 2.89. The minimum Gasteiger partial charge on any atom is -0.330 e. The van der Waals surface area contributed by atoms with Crippen molar-refractivity contribution in [3.63, 3.8) is 0 Å². The number of rotatable bonds is 5. The minimum absolute atomic E-state index is 0. The Labute approximate surface area is 128 Å². The Kier molecular flexibility index (Phi) is 6.64. The molecule has 1 aromatic carbocycles. The van der Waals surface area contributed by atoms with Crippen LogP contribution in [0, 0.1) is 0 Å². The Balaban J connectivity index is 0.00000200. The van der Waals surface area contributed by atoms with Gasteiger partial charge in [-0.25, -0.2) is 4.98 Å². The highest BCUT2D eigenvalue weighted by atomic mass is 35.5. The minimum atomic E-state index is -0.177. The second-order valence-electron chi connectivity index (χ2n) is 4.17. The van der Waals surface area contributed by atoms with E-state index >= 15 is 0 Å². The van der Waals surface area contributed by atoms with E-state index in [2.05, 4.69) is 17.2 Å². The van der Waals surface area contributed by atoms with Crippen LogP contribution in [0.5, 0.6) is 0 Å². The van der Waals surface area contributed by atoms with Crippen molar-refractivity contribution >= 4 is 35.3 Å². The van der Waals surface area contributed by atoms with Gasteiger partial charge in [-0.05, 0) is 30.7 Å². The third-order valence-electron chi connectivity index (χ3n) is 2.76. The number of benzene rings is 1. The molecule has 0 saturated carbocycles. The number of nitrogens with zero attached hydrogens (tertiary/aromatic N) is 1. The SMILES string of the molecule is CCc1ccc(NC(=O)c2csc(CCN)n2)cc1.Cl. The summed E-state index contributed by atoms with van der Waals surface area (Å²) < 4.78 is 0. The first-order valence-electron chi connectivity index (χ1n) is 6.27. The van der Waals surface area contributed by atoms with Gasteiger partial charge < -0.3 is 11.1 Å². The van der Waals surface area contributed by atoms with E-state index < -0.39 is 0 Å². The van der Waals surface area contributed by atoms with E-state index in [1.165, 1.54) is 16.9 Å². The molecule has 1 aromatic heterocycles. The molecule has 1 heterocycles. The summed E-state index contributed by atoms with van der Waals surface area (Å²) in [6, 6.07) is 7.83. The molecular weight excluding hydrogens is 294 g/mol. The molecule has 1 amide bonds. The van der Waals surface area contributed by atoms with E-state index in [0.717, 1.165) is 17.1 Å². The predicted molar refractivity (Wildman–Crippen MR) is 85.9 cm³/mol. The van der Waals surface area contributed by atoms with Crippen molar-refractivity contribution < 1.29 is 4.79 Å². The van der Waals surface area contributed by atoms with Gasteiger partial charge in [0.1, 0.15) is 5.69 Å². The summed E-state index contributed by atoms with van der Waals surface area (Å²) in [5, 5.41) is 5.50. The molecule has 0 aliphatic rings. The number of carbonyl (C=O) groups is 1. The summed E-state index contributed by atoms with van der Waals surface area (Å²) in [5.74, 6) is -0.177. The second kappa shape index (κ2) is 7.99. The molecule has 2 aromatic rings. The Hall–Kier alpha value is -1.43. The normalized spacial score (nSPS) is 9.90. The fourth-order valence-electron chi connectivity index (χ4n) is 1.67. The molecule has 108 valence electrons. The van der Waals surface area contributed by atoms with Crippen molar-refractivity contribution in [3.8, 4) is 0 Å². The third kappa shape index (κ3) is 4.30. The van der Waals surface area contributed by atoms with Gasteiger partial charge in [0.05, 0.1) is 5.01 Å². The van der Waals surface area contributed by atoms with Gasteiger partial charge in [0.25, 0.3) is 5.91 Å². The molecule has 0 radical (unpaired) electrons. The number of nitrogens with two attached hydrogens (primary N) is 1. The van der Waals surface area contributed by atoms with E-state index in [9.17, 15) is 4.79 Å². The van der Waals surface area contributed by atoms with Gasteiger partial charge in [-0.15, -0.1) is 23.7 Å². The highest BCUT2D eigenvalue weighted by Gasteiger charge is 2.10. The lowest BCUT2D eigenvalue weighted by Gasteiger charge is -2.04. The molecule has 2 rings (SSSR count). The third-order valence-corrected chi connectivity index (χ3v) is 3.67. The molecule has 6 heteroatoms. The maximum atomic E-state index is 12.0. The van der Waals surface area contributed by atoms with E-state index in [4.69, 9.17) is 5.73 Å². The van der Waals surface area contributed by atoms with Crippen LogP contribution in [0.3, 0.4) is 0 Å². The molecule has 0 unspecified atom stereocenters. The number of hydrogen-bond donors (Lipinski definition) is 2. The molecule has 0 saturated heterocycles. The lowest BCUT2D eigenvalue weighted by atomic mass is 10.1. The number of hydrogen-bond acceptors (Lipinski definition) is 4. The van der Waals surface area contributed by atoms with E-state index in [1.54, 1.807) is 5.38 Å². The lowest BCUT2D eigenvalue weighted by molar-refractivity contribution is 0.102. The maximum absolute atomic E-state index is 12.0. The van der Waals surface area contributed by atoms with Gasteiger partial charge in [-0.2, -0.15) is 0 Å². The van der Waals surface area contributed by atoms with Crippen molar-refractivity contribution in [2.45, 2.75) is 19.8 Å². The molecule has 4 nitrogen and oxygen atoms in total. The quantitative estimate of drug-likeness (QED) is 0.892. The number of anilines is 1. The van der Waals surface area contributed by atoms with Gasteiger partial charge in [0.15, 0.2) is 0 Å². The number of thiazole rings is 1. The van der Waals surface area contributed by atoms with Crippen molar-refractivity contribution in [3.05, 3.63) is 45.9 Å². The number of carbonyl (C=O) groups excluding carboxylic acids is 1. The van der Waals surface area contributed by atoms with Crippen LogP contribution < -0.4 is 11.1 Å². The standard InChI is InChI=1S/C14H17N3OS.ClH/c1-2-10-3-5-11(6-4-10)16-14(18)12-9-19-13(17-12)7-8-15;/h3-6,9H,2,7-8,15H2,1H3,(H,16,18);1H. The molecule has 3 N–H and O–H groups in total. The first kappa shape index (κ1) is 16.6. The Bertz CT molecular complexity index is 554. The van der Waals surface area contributed by atoms with E-state index in [-0.39, 0.29) is 18.3 Å². The smallest absolute Gasteiger partial charge is 0.275 e. The van der Waals surface area contributed by atoms with Gasteiger partial charge in [-0.1, -0.05) is 19.1 Å². The van der Waals surface area contributed by atoms with Crippen molar-refractivity contribution in [2.24, 2.45) is 5.73 Å². The summed E-state index contributed by atoms with van der Waals surface area (Å²) in [6.07, 6.45) is 1.70. The fraction of sp³-hybridized carbons (Fsp3) is 0.286. The zero-order chi connectivity index (χ0) is 13.7. The lowest BCUT2D eigenvalue weighted by Crippen LogP contribution is -2.12. The first-order valence-corrected chi connectivity index (χ1v) is 7.15. The van der Waals surface area contributed by atoms with Crippen LogP contribution in [0.4, 0.5) is 5.69 Å². The Morgan fingerprint density at radius 3 is 2.65 bits per heavy atom. The molecule has 0 atom stereocenters. The molecule has 20 heavy (non-hydrogen) atoms. The highest BCUT2D eigenvalue weighted by Crippen LogP contribution is 2.14. The van der Waals surface area contributed by atoms with Crippen molar-refractivity contribution in [1.82, 2.24) is 4.98 Å². The summed E-state index contributed by atoms with van der Waals surface area (Å²) in [7, 11) is 0. The van der Waals surface area contributed by atoms with Crippen LogP contribution in [0.15, 0.2) is 29.6 Å². The summed E-state index contributed by atoms with van der Waals surface area (Å²) in [6.45, 7) is 2.65. The average molecular weight is 312 g/mol. The number of nitrogens with one attached hydrogen (secondary N) is 1. The largest absolute Gasteiger partial charge is 0.330 e. The van der Waals surface area contributed by atoms with Crippen LogP contribution in [-0.4, -0.2) is 17.4 Å². The van der Waals surface area contributed by atoms with E-state index in [1.807, 2.05) is 24.3 Å². The number of amides is 1. The number of halogens is 1. The first-order chi connectivity index (χ1) is 9.22. The second-order valence-corrected chi connectivity index (χ2v) is 5.11.